The summed E-state index contributed by atoms with van der Waals surface area (Å²) in [5.74, 6) is -0.848. The second-order valence-electron chi connectivity index (χ2n) is 6.69. The maximum absolute atomic E-state index is 15.0. The summed E-state index contributed by atoms with van der Waals surface area (Å²) in [4.78, 5) is 4.36. The molecule has 0 aliphatic rings. The molecule has 0 bridgehead atoms. The minimum absolute atomic E-state index is 0.0976. The third kappa shape index (κ3) is 3.74. The number of hydrogen-bond donors (Lipinski definition) is 0. The van der Waals surface area contributed by atoms with E-state index in [0.29, 0.717) is 22.5 Å². The lowest BCUT2D eigenvalue weighted by atomic mass is 10.0. The van der Waals surface area contributed by atoms with Gasteiger partial charge < -0.3 is 0 Å². The first-order chi connectivity index (χ1) is 14.3. The zero-order valence-electron chi connectivity index (χ0n) is 15.7. The Balaban J connectivity index is 1.78. The average Bonchev–Trinajstić information content (AvgIpc) is 3.18. The number of benzene rings is 3. The van der Waals surface area contributed by atoms with Crippen molar-refractivity contribution in [1.82, 2.24) is 9.55 Å². The molecule has 0 fully saturated rings. The highest BCUT2D eigenvalue weighted by Gasteiger charge is 2.17. The van der Waals surface area contributed by atoms with E-state index in [0.717, 1.165) is 6.26 Å². The molecule has 8 heteroatoms. The Bertz CT molecular complexity index is 1370. The monoisotopic (exact) mass is 444 g/mol. The van der Waals surface area contributed by atoms with Crippen LogP contribution < -0.4 is 0 Å². The molecule has 152 valence electrons. The molecule has 0 N–H and O–H groups in total. The van der Waals surface area contributed by atoms with Gasteiger partial charge in [-0.15, -0.1) is 0 Å². The van der Waals surface area contributed by atoms with Gasteiger partial charge in [0.1, 0.15) is 17.5 Å². The predicted molar refractivity (Wildman–Crippen MR) is 112 cm³/mol. The summed E-state index contributed by atoms with van der Waals surface area (Å²) in [5.41, 5.74) is 1.63. The molecular formula is C22H15ClF2N2O2S. The molecule has 4 rings (SSSR count). The van der Waals surface area contributed by atoms with Gasteiger partial charge in [0.2, 0.25) is 0 Å². The molecule has 4 nitrogen and oxygen atoms in total. The SMILES string of the molecule is CS(=O)(=O)c1cccc(-c2ccc(-n3ccnc3-c3cccc(F)c3Cl)c(F)c2)c1. The zero-order chi connectivity index (χ0) is 21.5. The second-order valence-corrected chi connectivity index (χ2v) is 9.08. The average molecular weight is 445 g/mol. The van der Waals surface area contributed by atoms with E-state index in [1.165, 1.54) is 41.1 Å². The van der Waals surface area contributed by atoms with Crippen molar-refractivity contribution in [3.05, 3.63) is 89.7 Å². The van der Waals surface area contributed by atoms with Gasteiger partial charge >= 0.3 is 0 Å². The first-order valence-electron chi connectivity index (χ1n) is 8.84. The fraction of sp³-hybridized carbons (Fsp3) is 0.0455. The van der Waals surface area contributed by atoms with Crippen molar-refractivity contribution in [1.29, 1.82) is 0 Å². The van der Waals surface area contributed by atoms with Crippen LogP contribution in [0.15, 0.2) is 78.0 Å². The highest BCUT2D eigenvalue weighted by atomic mass is 35.5. The van der Waals surface area contributed by atoms with Crippen LogP contribution >= 0.6 is 11.6 Å². The molecule has 0 atom stereocenters. The van der Waals surface area contributed by atoms with E-state index >= 15 is 4.39 Å². The minimum Gasteiger partial charge on any atom is -0.297 e. The zero-order valence-corrected chi connectivity index (χ0v) is 17.3. The molecule has 1 heterocycles. The number of sulfone groups is 1. The summed E-state index contributed by atoms with van der Waals surface area (Å²) in [7, 11) is -3.38. The van der Waals surface area contributed by atoms with Crippen LogP contribution in [0.5, 0.6) is 0 Å². The fourth-order valence-corrected chi connectivity index (χ4v) is 4.04. The lowest BCUT2D eigenvalue weighted by Crippen LogP contribution is -2.01. The molecule has 0 aliphatic carbocycles. The summed E-state index contributed by atoms with van der Waals surface area (Å²) in [6.45, 7) is 0. The number of aromatic nitrogens is 2. The first kappa shape index (κ1) is 20.3. The Morgan fingerprint density at radius 1 is 0.933 bits per heavy atom. The van der Waals surface area contributed by atoms with Crippen LogP contribution in [-0.4, -0.2) is 24.2 Å². The van der Waals surface area contributed by atoms with Gasteiger partial charge in [-0.3, -0.25) is 4.57 Å². The molecule has 0 aliphatic heterocycles. The first-order valence-corrected chi connectivity index (χ1v) is 11.1. The van der Waals surface area contributed by atoms with Crippen molar-refractivity contribution in [3.63, 3.8) is 0 Å². The van der Waals surface area contributed by atoms with Crippen LogP contribution in [0.1, 0.15) is 0 Å². The van der Waals surface area contributed by atoms with E-state index in [4.69, 9.17) is 11.6 Å². The minimum atomic E-state index is -3.38. The van der Waals surface area contributed by atoms with Gasteiger partial charge in [-0.2, -0.15) is 0 Å². The van der Waals surface area contributed by atoms with E-state index < -0.39 is 21.5 Å². The van der Waals surface area contributed by atoms with Gasteiger partial charge in [-0.1, -0.05) is 35.9 Å². The lowest BCUT2D eigenvalue weighted by molar-refractivity contribution is 0.602. The van der Waals surface area contributed by atoms with Gasteiger partial charge in [-0.25, -0.2) is 22.2 Å². The van der Waals surface area contributed by atoms with Crippen LogP contribution in [0.2, 0.25) is 5.02 Å². The normalized spacial score (nSPS) is 11.6. The van der Waals surface area contributed by atoms with Crippen LogP contribution in [0, 0.1) is 11.6 Å². The highest BCUT2D eigenvalue weighted by molar-refractivity contribution is 7.90. The molecule has 30 heavy (non-hydrogen) atoms. The molecule has 3 aromatic carbocycles. The Morgan fingerprint density at radius 3 is 2.40 bits per heavy atom. The molecule has 0 spiro atoms. The standard InChI is InChI=1S/C22H15ClF2N2O2S/c1-30(28,29)16-5-2-4-14(12-16)15-8-9-20(19(25)13-15)27-11-10-26-22(27)17-6-3-7-18(24)21(17)23/h2-13H,1H3. The van der Waals surface area contributed by atoms with E-state index in [1.54, 1.807) is 36.5 Å². The molecule has 4 aromatic rings. The topological polar surface area (TPSA) is 52.0 Å². The summed E-state index contributed by atoms with van der Waals surface area (Å²) in [5, 5.41) is -0.0976. The largest absolute Gasteiger partial charge is 0.297 e. The van der Waals surface area contributed by atoms with Crippen LogP contribution in [0.25, 0.3) is 28.2 Å². The van der Waals surface area contributed by atoms with Crippen LogP contribution in [0.4, 0.5) is 8.78 Å². The number of imidazole rings is 1. The number of rotatable bonds is 4. The summed E-state index contributed by atoms with van der Waals surface area (Å²) >= 11 is 6.07. The van der Waals surface area contributed by atoms with Gasteiger partial charge in [0.15, 0.2) is 9.84 Å². The Labute approximate surface area is 177 Å². The molecular weight excluding hydrogens is 430 g/mol. The van der Waals surface area contributed by atoms with Crippen molar-refractivity contribution in [2.75, 3.05) is 6.26 Å². The molecule has 0 unspecified atom stereocenters. The number of halogens is 3. The highest BCUT2D eigenvalue weighted by Crippen LogP contribution is 2.32. The van der Waals surface area contributed by atoms with Gasteiger partial charge in [-0.05, 0) is 47.5 Å². The fourth-order valence-electron chi connectivity index (χ4n) is 3.16. The summed E-state index contributed by atoms with van der Waals surface area (Å²) in [6, 6.07) is 15.2. The predicted octanol–water partition coefficient (Wildman–Crippen LogP) is 5.54. The molecule has 0 radical (unpaired) electrons. The van der Waals surface area contributed by atoms with Crippen molar-refractivity contribution < 1.29 is 17.2 Å². The second kappa shape index (κ2) is 7.66. The molecule has 0 saturated carbocycles. The lowest BCUT2D eigenvalue weighted by Gasteiger charge is -2.12. The van der Waals surface area contributed by atoms with Crippen LogP contribution in [0.3, 0.4) is 0 Å². The third-order valence-corrected chi connectivity index (χ3v) is 6.13. The maximum Gasteiger partial charge on any atom is 0.175 e. The van der Waals surface area contributed by atoms with Gasteiger partial charge in [0.05, 0.1) is 15.6 Å². The van der Waals surface area contributed by atoms with E-state index in [1.807, 2.05) is 0 Å². The van der Waals surface area contributed by atoms with E-state index in [-0.39, 0.29) is 15.6 Å². The van der Waals surface area contributed by atoms with Crippen LogP contribution in [-0.2, 0) is 9.84 Å². The Hall–Kier alpha value is -3.03. The van der Waals surface area contributed by atoms with Gasteiger partial charge in [0.25, 0.3) is 0 Å². The van der Waals surface area contributed by atoms with Crippen molar-refractivity contribution in [2.24, 2.45) is 0 Å². The van der Waals surface area contributed by atoms with Crippen molar-refractivity contribution in [3.8, 4) is 28.2 Å². The third-order valence-electron chi connectivity index (χ3n) is 4.64. The molecule has 0 amide bonds. The van der Waals surface area contributed by atoms with Crippen molar-refractivity contribution in [2.45, 2.75) is 4.90 Å². The van der Waals surface area contributed by atoms with Crippen molar-refractivity contribution >= 4 is 21.4 Å². The van der Waals surface area contributed by atoms with E-state index in [2.05, 4.69) is 4.98 Å². The molecule has 1 aromatic heterocycles. The van der Waals surface area contributed by atoms with Gasteiger partial charge in [0, 0.05) is 24.2 Å². The smallest absolute Gasteiger partial charge is 0.175 e. The number of hydrogen-bond acceptors (Lipinski definition) is 3. The van der Waals surface area contributed by atoms with E-state index in [9.17, 15) is 12.8 Å². The Morgan fingerprint density at radius 2 is 1.67 bits per heavy atom. The summed E-state index contributed by atoms with van der Waals surface area (Å²) in [6.07, 6.45) is 4.15. The maximum atomic E-state index is 15.0. The summed E-state index contributed by atoms with van der Waals surface area (Å²) < 4.78 is 54.0. The quantitative estimate of drug-likeness (QED) is 0.415. The number of nitrogens with zero attached hydrogens (tertiary/aromatic N) is 2. The molecule has 0 saturated heterocycles. The Kier molecular flexibility index (Phi) is 5.17.